The molecule has 1 amide bonds. The van der Waals surface area contributed by atoms with Crippen LogP contribution in [-0.2, 0) is 42.9 Å². The van der Waals surface area contributed by atoms with Crippen molar-refractivity contribution in [3.63, 3.8) is 0 Å². The van der Waals surface area contributed by atoms with Crippen molar-refractivity contribution >= 4 is 23.8 Å². The lowest BCUT2D eigenvalue weighted by molar-refractivity contribution is -0.279. The zero-order valence-electron chi connectivity index (χ0n) is 17.1. The summed E-state index contributed by atoms with van der Waals surface area (Å²) < 4.78 is 27.2. The zero-order chi connectivity index (χ0) is 21.4. The number of ether oxygens (including phenoxy) is 5. The Kier molecular flexibility index (Phi) is 9.33. The van der Waals surface area contributed by atoms with Gasteiger partial charge in [-0.2, -0.15) is 0 Å². The first-order valence-corrected chi connectivity index (χ1v) is 9.03. The van der Waals surface area contributed by atoms with Crippen LogP contribution in [0.4, 0.5) is 0 Å². The molecule has 0 spiro atoms. The van der Waals surface area contributed by atoms with Gasteiger partial charge < -0.3 is 29.0 Å². The fraction of sp³-hybridized carbons (Fsp3) is 0.778. The summed E-state index contributed by atoms with van der Waals surface area (Å²) in [7, 11) is 0. The van der Waals surface area contributed by atoms with Crippen LogP contribution in [0.3, 0.4) is 0 Å². The van der Waals surface area contributed by atoms with Crippen molar-refractivity contribution in [2.24, 2.45) is 5.92 Å². The predicted octanol–water partition coefficient (Wildman–Crippen LogP) is 0.315. The Labute approximate surface area is 164 Å². The quantitative estimate of drug-likeness (QED) is 0.450. The lowest BCUT2D eigenvalue weighted by atomic mass is 9.96. The number of nitrogens with one attached hydrogen (secondary N) is 1. The molecule has 0 aromatic carbocycles. The van der Waals surface area contributed by atoms with Gasteiger partial charge in [-0.3, -0.25) is 19.2 Å². The molecule has 1 saturated heterocycles. The maximum Gasteiger partial charge on any atom is 0.303 e. The average molecular weight is 403 g/mol. The van der Waals surface area contributed by atoms with E-state index in [1.54, 1.807) is 0 Å². The van der Waals surface area contributed by atoms with E-state index in [9.17, 15) is 19.2 Å². The average Bonchev–Trinajstić information content (AvgIpc) is 2.54. The summed E-state index contributed by atoms with van der Waals surface area (Å²) in [4.78, 5) is 46.2. The van der Waals surface area contributed by atoms with E-state index in [-0.39, 0.29) is 12.5 Å². The van der Waals surface area contributed by atoms with Gasteiger partial charge in [-0.25, -0.2) is 0 Å². The lowest BCUT2D eigenvalue weighted by Crippen LogP contribution is -2.66. The zero-order valence-corrected chi connectivity index (χ0v) is 17.1. The van der Waals surface area contributed by atoms with Crippen LogP contribution in [0.5, 0.6) is 0 Å². The van der Waals surface area contributed by atoms with Crippen molar-refractivity contribution < 1.29 is 42.9 Å². The van der Waals surface area contributed by atoms with Gasteiger partial charge in [-0.15, -0.1) is 0 Å². The van der Waals surface area contributed by atoms with Gasteiger partial charge in [0.25, 0.3) is 0 Å². The topological polar surface area (TPSA) is 126 Å². The SMILES string of the molecule is CC(=O)N[C@H]1[C@H](OCC(C)C)O[C@H](COC(C)=O)[C@@H](OC(C)=O)[C@@H]1OC(C)=O. The molecule has 1 heterocycles. The lowest BCUT2D eigenvalue weighted by Gasteiger charge is -2.45. The third-order valence-corrected chi connectivity index (χ3v) is 3.67. The Morgan fingerprint density at radius 1 is 0.929 bits per heavy atom. The highest BCUT2D eigenvalue weighted by molar-refractivity contribution is 5.73. The Morgan fingerprint density at radius 2 is 1.50 bits per heavy atom. The third kappa shape index (κ3) is 7.81. The normalized spacial score (nSPS) is 27.0. The second kappa shape index (κ2) is 11.0. The van der Waals surface area contributed by atoms with E-state index in [0.29, 0.717) is 6.61 Å². The second-order valence-corrected chi connectivity index (χ2v) is 6.95. The number of hydrogen-bond acceptors (Lipinski definition) is 9. The molecule has 10 heteroatoms. The molecule has 0 aromatic rings. The number of hydrogen-bond donors (Lipinski definition) is 1. The van der Waals surface area contributed by atoms with Gasteiger partial charge in [0.05, 0.1) is 6.61 Å². The summed E-state index contributed by atoms with van der Waals surface area (Å²) in [5.41, 5.74) is 0. The largest absolute Gasteiger partial charge is 0.463 e. The highest BCUT2D eigenvalue weighted by Gasteiger charge is 2.51. The van der Waals surface area contributed by atoms with E-state index in [4.69, 9.17) is 23.7 Å². The summed E-state index contributed by atoms with van der Waals surface area (Å²) >= 11 is 0. The Bertz CT molecular complexity index is 577. The Hall–Kier alpha value is -2.20. The van der Waals surface area contributed by atoms with Crippen molar-refractivity contribution in [1.29, 1.82) is 0 Å². The van der Waals surface area contributed by atoms with E-state index < -0.39 is 54.5 Å². The fourth-order valence-corrected chi connectivity index (χ4v) is 2.72. The molecule has 28 heavy (non-hydrogen) atoms. The van der Waals surface area contributed by atoms with Crippen LogP contribution in [0.2, 0.25) is 0 Å². The van der Waals surface area contributed by atoms with Crippen molar-refractivity contribution in [1.82, 2.24) is 5.32 Å². The molecule has 10 nitrogen and oxygen atoms in total. The molecule has 1 N–H and O–H groups in total. The van der Waals surface area contributed by atoms with Crippen LogP contribution in [0.25, 0.3) is 0 Å². The van der Waals surface area contributed by atoms with Crippen LogP contribution in [-0.4, -0.2) is 67.7 Å². The second-order valence-electron chi connectivity index (χ2n) is 6.95. The van der Waals surface area contributed by atoms with Crippen LogP contribution in [0.15, 0.2) is 0 Å². The van der Waals surface area contributed by atoms with Gasteiger partial charge >= 0.3 is 17.9 Å². The maximum absolute atomic E-state index is 11.7. The summed E-state index contributed by atoms with van der Waals surface area (Å²) in [5.74, 6) is -2.11. The van der Waals surface area contributed by atoms with Crippen molar-refractivity contribution in [3.05, 3.63) is 0 Å². The molecule has 0 aliphatic carbocycles. The van der Waals surface area contributed by atoms with Gasteiger partial charge in [0.1, 0.15) is 18.8 Å². The molecule has 0 bridgehead atoms. The molecule has 0 aromatic heterocycles. The van der Waals surface area contributed by atoms with E-state index in [1.807, 2.05) is 13.8 Å². The van der Waals surface area contributed by atoms with E-state index in [0.717, 1.165) is 0 Å². The summed E-state index contributed by atoms with van der Waals surface area (Å²) in [6.07, 6.45) is -4.18. The van der Waals surface area contributed by atoms with E-state index >= 15 is 0 Å². The molecular weight excluding hydrogens is 374 g/mol. The molecule has 5 atom stereocenters. The highest BCUT2D eigenvalue weighted by Crippen LogP contribution is 2.28. The Balaban J connectivity index is 3.24. The maximum atomic E-state index is 11.7. The van der Waals surface area contributed by atoms with Gasteiger partial charge in [0.15, 0.2) is 18.5 Å². The molecule has 160 valence electrons. The summed E-state index contributed by atoms with van der Waals surface area (Å²) in [5, 5.41) is 2.63. The number of amides is 1. The molecular formula is C18H29NO9. The van der Waals surface area contributed by atoms with Crippen LogP contribution < -0.4 is 5.32 Å². The predicted molar refractivity (Wildman–Crippen MR) is 94.8 cm³/mol. The molecule has 0 unspecified atom stereocenters. The van der Waals surface area contributed by atoms with Gasteiger partial charge in [-0.1, -0.05) is 13.8 Å². The van der Waals surface area contributed by atoms with Crippen molar-refractivity contribution in [2.75, 3.05) is 13.2 Å². The fourth-order valence-electron chi connectivity index (χ4n) is 2.72. The summed E-state index contributed by atoms with van der Waals surface area (Å²) in [6.45, 7) is 8.79. The first kappa shape index (κ1) is 23.8. The van der Waals surface area contributed by atoms with Gasteiger partial charge in [0, 0.05) is 27.7 Å². The molecule has 1 rings (SSSR count). The van der Waals surface area contributed by atoms with Crippen molar-refractivity contribution in [3.8, 4) is 0 Å². The molecule has 0 saturated carbocycles. The van der Waals surface area contributed by atoms with Gasteiger partial charge in [0.2, 0.25) is 5.91 Å². The number of carbonyl (C=O) groups is 4. The molecule has 1 aliphatic heterocycles. The molecule has 0 radical (unpaired) electrons. The monoisotopic (exact) mass is 403 g/mol. The first-order valence-electron chi connectivity index (χ1n) is 9.03. The number of carbonyl (C=O) groups excluding carboxylic acids is 4. The van der Waals surface area contributed by atoms with Crippen LogP contribution in [0, 0.1) is 5.92 Å². The van der Waals surface area contributed by atoms with E-state index in [1.165, 1.54) is 27.7 Å². The highest BCUT2D eigenvalue weighted by atomic mass is 16.7. The minimum absolute atomic E-state index is 0.159. The Morgan fingerprint density at radius 3 is 1.96 bits per heavy atom. The van der Waals surface area contributed by atoms with Crippen molar-refractivity contribution in [2.45, 2.75) is 72.2 Å². The summed E-state index contributed by atoms with van der Waals surface area (Å²) in [6, 6.07) is -0.932. The minimum atomic E-state index is -1.11. The third-order valence-electron chi connectivity index (χ3n) is 3.67. The van der Waals surface area contributed by atoms with E-state index in [2.05, 4.69) is 5.32 Å². The standard InChI is InChI=1S/C18H29NO9/c1-9(2)7-25-18-15(19-10(3)20)17(27-13(6)23)16(26-12(5)22)14(28-18)8-24-11(4)21/h9,14-18H,7-8H2,1-6H3,(H,19,20)/t14-,15-,16-,17-,18-/m1/s1. The minimum Gasteiger partial charge on any atom is -0.463 e. The van der Waals surface area contributed by atoms with Crippen LogP contribution in [0.1, 0.15) is 41.5 Å². The number of esters is 3. The molecule has 1 aliphatic rings. The number of rotatable bonds is 8. The smallest absolute Gasteiger partial charge is 0.303 e. The molecule has 1 fully saturated rings. The van der Waals surface area contributed by atoms with Gasteiger partial charge in [-0.05, 0) is 5.92 Å². The first-order chi connectivity index (χ1) is 13.0. The van der Waals surface area contributed by atoms with Crippen LogP contribution >= 0.6 is 0 Å².